The largest absolute Gasteiger partial charge is 0.437 e. The van der Waals surface area contributed by atoms with E-state index in [0.717, 1.165) is 25.3 Å². The predicted octanol–water partition coefficient (Wildman–Crippen LogP) is 3.63. The van der Waals surface area contributed by atoms with Gasteiger partial charge >= 0.3 is 6.18 Å². The molecule has 1 saturated carbocycles. The van der Waals surface area contributed by atoms with Crippen LogP contribution in [-0.2, 0) is 20.6 Å². The van der Waals surface area contributed by atoms with E-state index in [9.17, 15) is 27.6 Å². The molecule has 1 amide bonds. The van der Waals surface area contributed by atoms with E-state index in [1.54, 1.807) is 0 Å². The van der Waals surface area contributed by atoms with Gasteiger partial charge in [-0.2, -0.15) is 28.5 Å². The number of halogens is 4. The van der Waals surface area contributed by atoms with Crippen LogP contribution in [0.25, 0.3) is 0 Å². The van der Waals surface area contributed by atoms with Crippen LogP contribution in [0, 0.1) is 17.2 Å². The molecule has 4 rings (SSSR count). The minimum atomic E-state index is -4.95. The van der Waals surface area contributed by atoms with Crippen LogP contribution in [0.2, 0.25) is 5.02 Å². The fourth-order valence-corrected chi connectivity index (χ4v) is 3.79. The van der Waals surface area contributed by atoms with Crippen molar-refractivity contribution >= 4 is 46.4 Å². The van der Waals surface area contributed by atoms with Crippen molar-refractivity contribution in [2.24, 2.45) is 16.0 Å². The van der Waals surface area contributed by atoms with Crippen LogP contribution in [0.3, 0.4) is 0 Å². The van der Waals surface area contributed by atoms with E-state index in [4.69, 9.17) is 21.6 Å². The van der Waals surface area contributed by atoms with Gasteiger partial charge in [-0.25, -0.2) is 4.99 Å². The van der Waals surface area contributed by atoms with Crippen molar-refractivity contribution in [1.29, 1.82) is 5.26 Å². The number of hydrogen-bond acceptors (Lipinski definition) is 7. The number of rotatable bonds is 3. The van der Waals surface area contributed by atoms with Gasteiger partial charge in [0.15, 0.2) is 11.5 Å². The molecule has 0 radical (unpaired) electrons. The van der Waals surface area contributed by atoms with E-state index >= 15 is 0 Å². The molecule has 1 aliphatic carbocycles. The summed E-state index contributed by atoms with van der Waals surface area (Å²) >= 11 is 6.11. The molecule has 0 saturated heterocycles. The number of carbonyl (C=O) groups is 3. The van der Waals surface area contributed by atoms with Crippen molar-refractivity contribution in [3.8, 4) is 11.8 Å². The number of hydrazone groups is 1. The predicted molar refractivity (Wildman–Crippen MR) is 110 cm³/mol. The summed E-state index contributed by atoms with van der Waals surface area (Å²) in [6.07, 6.45) is -1.74. The molecule has 1 aromatic rings. The Hall–Kier alpha value is -3.52. The number of carbonyl (C=O) groups excluding carboxylic acids is 3. The molecule has 8 nitrogen and oxygen atoms in total. The van der Waals surface area contributed by atoms with E-state index in [1.807, 2.05) is 0 Å². The summed E-state index contributed by atoms with van der Waals surface area (Å²) in [5, 5.41) is 12.5. The van der Waals surface area contributed by atoms with Gasteiger partial charge in [-0.15, -0.1) is 0 Å². The zero-order valence-corrected chi connectivity index (χ0v) is 17.5. The molecule has 0 unspecified atom stereocenters. The van der Waals surface area contributed by atoms with Gasteiger partial charge in [0.1, 0.15) is 18.2 Å². The molecule has 0 aromatic heterocycles. The SMILES string of the molecule is N#CC1=NN(c2cc(Cl)c(OC3=NCC(=O)C(C4CCC4)=C3)c(C(F)(F)F)c2)C(=O)CC1=O. The Bertz CT molecular complexity index is 1210. The average molecular weight is 479 g/mol. The van der Waals surface area contributed by atoms with E-state index in [1.165, 1.54) is 12.1 Å². The molecule has 1 aromatic carbocycles. The molecule has 2 aliphatic heterocycles. The third-order valence-electron chi connectivity index (χ3n) is 5.43. The molecular formula is C21H14ClF3N4O4. The molecule has 0 atom stereocenters. The first-order chi connectivity index (χ1) is 15.6. The highest BCUT2D eigenvalue weighted by atomic mass is 35.5. The molecule has 170 valence electrons. The monoisotopic (exact) mass is 478 g/mol. The van der Waals surface area contributed by atoms with Gasteiger partial charge in [-0.1, -0.05) is 18.0 Å². The molecule has 0 spiro atoms. The lowest BCUT2D eigenvalue weighted by Crippen LogP contribution is -2.36. The molecule has 0 N–H and O–H groups in total. The lowest BCUT2D eigenvalue weighted by atomic mass is 9.77. The van der Waals surface area contributed by atoms with Crippen LogP contribution < -0.4 is 9.75 Å². The number of ketones is 2. The average Bonchev–Trinajstić information content (AvgIpc) is 2.70. The van der Waals surface area contributed by atoms with Crippen LogP contribution in [0.5, 0.6) is 5.75 Å². The van der Waals surface area contributed by atoms with Crippen LogP contribution >= 0.6 is 11.6 Å². The first kappa shape index (κ1) is 22.7. The van der Waals surface area contributed by atoms with Gasteiger partial charge in [-0.3, -0.25) is 14.4 Å². The molecule has 3 aliphatic rings. The summed E-state index contributed by atoms with van der Waals surface area (Å²) in [5.41, 5.74) is -1.86. The topological polar surface area (TPSA) is 112 Å². The van der Waals surface area contributed by atoms with E-state index in [0.29, 0.717) is 16.6 Å². The van der Waals surface area contributed by atoms with Gasteiger partial charge in [0, 0.05) is 11.6 Å². The number of benzene rings is 1. The highest BCUT2D eigenvalue weighted by Crippen LogP contribution is 2.44. The third kappa shape index (κ3) is 4.39. The molecular weight excluding hydrogens is 465 g/mol. The second-order valence-corrected chi connectivity index (χ2v) is 7.98. The molecule has 2 heterocycles. The maximum Gasteiger partial charge on any atom is 0.420 e. The number of ether oxygens (including phenoxy) is 1. The normalized spacial score (nSPS) is 19.4. The smallest absolute Gasteiger partial charge is 0.420 e. The number of amides is 1. The van der Waals surface area contributed by atoms with E-state index < -0.39 is 52.0 Å². The summed E-state index contributed by atoms with van der Waals surface area (Å²) in [4.78, 5) is 39.8. The van der Waals surface area contributed by atoms with Crippen LogP contribution in [-0.4, -0.2) is 35.6 Å². The summed E-state index contributed by atoms with van der Waals surface area (Å²) in [7, 11) is 0. The Morgan fingerprint density at radius 3 is 2.52 bits per heavy atom. The number of aliphatic imine (C=N–C) groups is 1. The highest BCUT2D eigenvalue weighted by Gasteiger charge is 2.39. The van der Waals surface area contributed by atoms with Crippen molar-refractivity contribution in [3.05, 3.63) is 34.4 Å². The van der Waals surface area contributed by atoms with Crippen LogP contribution in [0.15, 0.2) is 33.9 Å². The Kier molecular flexibility index (Phi) is 5.80. The number of dihydropyridines is 1. The van der Waals surface area contributed by atoms with Crippen molar-refractivity contribution in [1.82, 2.24) is 0 Å². The Labute approximate surface area is 190 Å². The van der Waals surface area contributed by atoms with Crippen LogP contribution in [0.4, 0.5) is 18.9 Å². The Morgan fingerprint density at radius 1 is 1.18 bits per heavy atom. The third-order valence-corrected chi connectivity index (χ3v) is 5.71. The summed E-state index contributed by atoms with van der Waals surface area (Å²) in [6, 6.07) is 3.09. The second-order valence-electron chi connectivity index (χ2n) is 7.58. The van der Waals surface area contributed by atoms with E-state index in [-0.39, 0.29) is 24.1 Å². The van der Waals surface area contributed by atoms with Crippen LogP contribution in [0.1, 0.15) is 31.2 Å². The molecule has 33 heavy (non-hydrogen) atoms. The molecule has 0 bridgehead atoms. The van der Waals surface area contributed by atoms with E-state index in [2.05, 4.69) is 10.1 Å². The van der Waals surface area contributed by atoms with Gasteiger partial charge in [0.05, 0.1) is 17.1 Å². The van der Waals surface area contributed by atoms with Crippen molar-refractivity contribution in [2.45, 2.75) is 31.9 Å². The Balaban J connectivity index is 1.73. The van der Waals surface area contributed by atoms with Gasteiger partial charge in [-0.05, 0) is 30.9 Å². The Morgan fingerprint density at radius 2 is 1.91 bits per heavy atom. The quantitative estimate of drug-likeness (QED) is 0.616. The highest BCUT2D eigenvalue weighted by molar-refractivity contribution is 6.50. The standard InChI is InChI=1S/C21H14ClF3N4O4/c22-14-5-11(29-19(32)7-16(30)15(8-26)28-29)4-13(21(23,24)25)20(14)33-18-6-12(10-2-1-3-10)17(31)9-27-18/h4-6,10H,1-3,7,9H2. The maximum absolute atomic E-state index is 13.9. The number of hydrogen-bond donors (Lipinski definition) is 0. The number of alkyl halides is 3. The molecule has 1 fully saturated rings. The zero-order valence-electron chi connectivity index (χ0n) is 16.8. The maximum atomic E-state index is 13.9. The first-order valence-corrected chi connectivity index (χ1v) is 10.2. The van der Waals surface area contributed by atoms with Crippen molar-refractivity contribution in [3.63, 3.8) is 0 Å². The number of nitrogens with zero attached hydrogens (tertiary/aromatic N) is 4. The van der Waals surface area contributed by atoms with Gasteiger partial charge < -0.3 is 4.74 Å². The summed E-state index contributed by atoms with van der Waals surface area (Å²) < 4.78 is 47.0. The lowest BCUT2D eigenvalue weighted by Gasteiger charge is -2.28. The van der Waals surface area contributed by atoms with Gasteiger partial charge in [0.25, 0.3) is 5.91 Å². The number of nitriles is 1. The minimum absolute atomic E-state index is 0.0338. The lowest BCUT2D eigenvalue weighted by molar-refractivity contribution is -0.138. The second kappa shape index (κ2) is 8.44. The number of anilines is 1. The fourth-order valence-electron chi connectivity index (χ4n) is 3.54. The zero-order chi connectivity index (χ0) is 23.9. The van der Waals surface area contributed by atoms with Crippen molar-refractivity contribution < 1.29 is 32.3 Å². The van der Waals surface area contributed by atoms with Crippen molar-refractivity contribution in [2.75, 3.05) is 11.6 Å². The summed E-state index contributed by atoms with van der Waals surface area (Å²) in [6.45, 7) is -0.239. The van der Waals surface area contributed by atoms with Gasteiger partial charge in [0.2, 0.25) is 17.4 Å². The first-order valence-electron chi connectivity index (χ1n) is 9.81. The minimum Gasteiger partial charge on any atom is -0.437 e. The fraction of sp³-hybridized carbons (Fsp3) is 0.333. The summed E-state index contributed by atoms with van der Waals surface area (Å²) in [5.74, 6) is -2.85. The molecule has 12 heteroatoms. The number of Topliss-reactive ketones (excluding diaryl/α,β-unsaturated/α-hetero) is 2.